The van der Waals surface area contributed by atoms with Gasteiger partial charge >= 0.3 is 0 Å². The third-order valence-corrected chi connectivity index (χ3v) is 5.16. The van der Waals surface area contributed by atoms with Gasteiger partial charge in [-0.25, -0.2) is 0 Å². The van der Waals surface area contributed by atoms with Crippen molar-refractivity contribution in [2.75, 3.05) is 6.54 Å². The average molecular weight is 280 g/mol. The summed E-state index contributed by atoms with van der Waals surface area (Å²) >= 11 is 1.96. The third-order valence-electron chi connectivity index (χ3n) is 4.07. The van der Waals surface area contributed by atoms with Gasteiger partial charge in [0.25, 0.3) is 0 Å². The minimum Gasteiger partial charge on any atom is -0.310 e. The van der Waals surface area contributed by atoms with Crippen molar-refractivity contribution in [3.05, 3.63) is 21.4 Å². The van der Waals surface area contributed by atoms with Gasteiger partial charge in [-0.2, -0.15) is 0 Å². The van der Waals surface area contributed by atoms with Crippen LogP contribution in [0.4, 0.5) is 0 Å². The lowest BCUT2D eigenvalue weighted by molar-refractivity contribution is 0.152. The Hall–Kier alpha value is -0.380. The fraction of sp³-hybridized carbons (Fsp3) is 0.750. The SMILES string of the molecule is Cc1sc(CNC(C)C)cc1CN1CCCCC1C. The van der Waals surface area contributed by atoms with Crippen molar-refractivity contribution in [3.63, 3.8) is 0 Å². The van der Waals surface area contributed by atoms with Crippen molar-refractivity contribution >= 4 is 11.3 Å². The monoisotopic (exact) mass is 280 g/mol. The average Bonchev–Trinajstić information content (AvgIpc) is 2.71. The lowest BCUT2D eigenvalue weighted by atomic mass is 10.0. The largest absolute Gasteiger partial charge is 0.310 e. The molecule has 0 amide bonds. The van der Waals surface area contributed by atoms with E-state index in [9.17, 15) is 0 Å². The van der Waals surface area contributed by atoms with Crippen molar-refractivity contribution in [1.82, 2.24) is 10.2 Å². The number of likely N-dealkylation sites (tertiary alicyclic amines) is 1. The van der Waals surface area contributed by atoms with Crippen molar-refractivity contribution in [1.29, 1.82) is 0 Å². The van der Waals surface area contributed by atoms with Crippen molar-refractivity contribution in [3.8, 4) is 0 Å². The molecule has 1 unspecified atom stereocenters. The highest BCUT2D eigenvalue weighted by Crippen LogP contribution is 2.26. The van der Waals surface area contributed by atoms with Gasteiger partial charge in [0.05, 0.1) is 0 Å². The van der Waals surface area contributed by atoms with Crippen molar-refractivity contribution in [2.45, 2.75) is 72.1 Å². The van der Waals surface area contributed by atoms with Gasteiger partial charge in [-0.1, -0.05) is 20.3 Å². The minimum atomic E-state index is 0.563. The Morgan fingerprint density at radius 1 is 1.42 bits per heavy atom. The zero-order valence-electron chi connectivity index (χ0n) is 12.8. The molecule has 0 aliphatic carbocycles. The summed E-state index contributed by atoms with van der Waals surface area (Å²) in [5.41, 5.74) is 1.54. The normalized spacial score (nSPS) is 21.2. The Bertz CT molecular complexity index is 397. The first kappa shape index (κ1) is 15.0. The predicted octanol–water partition coefficient (Wildman–Crippen LogP) is 3.93. The van der Waals surface area contributed by atoms with Crippen LogP contribution >= 0.6 is 11.3 Å². The molecule has 1 fully saturated rings. The van der Waals surface area contributed by atoms with Crippen LogP contribution in [0.2, 0.25) is 0 Å². The van der Waals surface area contributed by atoms with Gasteiger partial charge in [-0.15, -0.1) is 11.3 Å². The van der Waals surface area contributed by atoms with Gasteiger partial charge in [0, 0.05) is 34.9 Å². The number of piperidine rings is 1. The van der Waals surface area contributed by atoms with Crippen LogP contribution in [0.15, 0.2) is 6.07 Å². The molecule has 2 nitrogen and oxygen atoms in total. The second kappa shape index (κ2) is 6.87. The van der Waals surface area contributed by atoms with E-state index in [0.29, 0.717) is 6.04 Å². The van der Waals surface area contributed by atoms with Crippen LogP contribution in [0.25, 0.3) is 0 Å². The zero-order chi connectivity index (χ0) is 13.8. The van der Waals surface area contributed by atoms with Crippen molar-refractivity contribution in [2.24, 2.45) is 0 Å². The maximum Gasteiger partial charge on any atom is 0.0302 e. The van der Waals surface area contributed by atoms with E-state index in [4.69, 9.17) is 0 Å². The van der Waals surface area contributed by atoms with Gasteiger partial charge in [0.2, 0.25) is 0 Å². The van der Waals surface area contributed by atoms with Crippen LogP contribution in [0.1, 0.15) is 55.4 Å². The number of hydrogen-bond donors (Lipinski definition) is 1. The number of thiophene rings is 1. The van der Waals surface area contributed by atoms with Crippen LogP contribution in [0.3, 0.4) is 0 Å². The van der Waals surface area contributed by atoms with E-state index in [1.54, 1.807) is 5.56 Å². The molecule has 108 valence electrons. The molecule has 1 aromatic rings. The molecule has 1 aromatic heterocycles. The van der Waals surface area contributed by atoms with E-state index < -0.39 is 0 Å². The number of aryl methyl sites for hydroxylation is 1. The van der Waals surface area contributed by atoms with E-state index in [1.165, 1.54) is 35.6 Å². The maximum atomic E-state index is 3.51. The fourth-order valence-electron chi connectivity index (χ4n) is 2.75. The second-order valence-corrected chi connectivity index (χ2v) is 7.49. The third kappa shape index (κ3) is 4.30. The predicted molar refractivity (Wildman–Crippen MR) is 84.8 cm³/mol. The van der Waals surface area contributed by atoms with Crippen LogP contribution < -0.4 is 5.32 Å². The molecule has 1 N–H and O–H groups in total. The highest BCUT2D eigenvalue weighted by Gasteiger charge is 2.19. The molecule has 1 aliphatic rings. The molecular weight excluding hydrogens is 252 g/mol. The fourth-order valence-corrected chi connectivity index (χ4v) is 3.75. The van der Waals surface area contributed by atoms with Gasteiger partial charge < -0.3 is 5.32 Å². The van der Waals surface area contributed by atoms with E-state index in [0.717, 1.165) is 19.1 Å². The first-order chi connectivity index (χ1) is 9.06. The molecule has 2 heterocycles. The molecule has 1 atom stereocenters. The lowest BCUT2D eigenvalue weighted by Gasteiger charge is -2.33. The smallest absolute Gasteiger partial charge is 0.0302 e. The highest BCUT2D eigenvalue weighted by atomic mass is 32.1. The van der Waals surface area contributed by atoms with Crippen LogP contribution in [0.5, 0.6) is 0 Å². The van der Waals surface area contributed by atoms with Gasteiger partial charge in [0.1, 0.15) is 0 Å². The Labute approximate surface area is 122 Å². The summed E-state index contributed by atoms with van der Waals surface area (Å²) < 4.78 is 0. The number of nitrogens with zero attached hydrogens (tertiary/aromatic N) is 1. The summed E-state index contributed by atoms with van der Waals surface area (Å²) in [6.45, 7) is 12.5. The Morgan fingerprint density at radius 2 is 2.21 bits per heavy atom. The molecule has 1 aliphatic heterocycles. The van der Waals surface area contributed by atoms with Gasteiger partial charge in [-0.3, -0.25) is 4.90 Å². The van der Waals surface area contributed by atoms with E-state index in [-0.39, 0.29) is 0 Å². The van der Waals surface area contributed by atoms with E-state index in [2.05, 4.69) is 44.0 Å². The van der Waals surface area contributed by atoms with E-state index >= 15 is 0 Å². The second-order valence-electron chi connectivity index (χ2n) is 6.15. The molecule has 0 bridgehead atoms. The standard InChI is InChI=1S/C16H28N2S/c1-12(2)17-10-16-9-15(14(4)19-16)11-18-8-6-5-7-13(18)3/h9,12-13,17H,5-8,10-11H2,1-4H3. The highest BCUT2D eigenvalue weighted by molar-refractivity contribution is 7.12. The molecule has 0 spiro atoms. The summed E-state index contributed by atoms with van der Waals surface area (Å²) in [6.07, 6.45) is 4.14. The summed E-state index contributed by atoms with van der Waals surface area (Å²) in [4.78, 5) is 5.63. The number of nitrogens with one attached hydrogen (secondary N) is 1. The molecule has 1 saturated heterocycles. The Morgan fingerprint density at radius 3 is 2.89 bits per heavy atom. The summed E-state index contributed by atoms with van der Waals surface area (Å²) in [7, 11) is 0. The van der Waals surface area contributed by atoms with Crippen LogP contribution in [-0.2, 0) is 13.1 Å². The zero-order valence-corrected chi connectivity index (χ0v) is 13.6. The molecule has 0 radical (unpaired) electrons. The molecule has 3 heteroatoms. The maximum absolute atomic E-state index is 3.51. The summed E-state index contributed by atoms with van der Waals surface area (Å²) in [5.74, 6) is 0. The number of rotatable bonds is 5. The van der Waals surface area contributed by atoms with E-state index in [1.807, 2.05) is 11.3 Å². The van der Waals surface area contributed by atoms with Crippen LogP contribution in [-0.4, -0.2) is 23.5 Å². The molecule has 0 aromatic carbocycles. The molecule has 2 rings (SSSR count). The van der Waals surface area contributed by atoms with Crippen LogP contribution in [0, 0.1) is 6.92 Å². The van der Waals surface area contributed by atoms with Gasteiger partial charge in [0.15, 0.2) is 0 Å². The minimum absolute atomic E-state index is 0.563. The van der Waals surface area contributed by atoms with Gasteiger partial charge in [-0.05, 0) is 44.9 Å². The summed E-state index contributed by atoms with van der Waals surface area (Å²) in [6, 6.07) is 3.73. The molecular formula is C16H28N2S. The lowest BCUT2D eigenvalue weighted by Crippen LogP contribution is -2.36. The summed E-state index contributed by atoms with van der Waals surface area (Å²) in [5, 5.41) is 3.51. The first-order valence-corrected chi connectivity index (χ1v) is 8.43. The Kier molecular flexibility index (Phi) is 5.43. The quantitative estimate of drug-likeness (QED) is 0.879. The molecule has 19 heavy (non-hydrogen) atoms. The topological polar surface area (TPSA) is 15.3 Å². The van der Waals surface area contributed by atoms with Crippen molar-refractivity contribution < 1.29 is 0 Å². The molecule has 0 saturated carbocycles. The Balaban J connectivity index is 1.96. The number of hydrogen-bond acceptors (Lipinski definition) is 3. The first-order valence-electron chi connectivity index (χ1n) is 7.62.